The van der Waals surface area contributed by atoms with Gasteiger partial charge >= 0.3 is 6.03 Å². The van der Waals surface area contributed by atoms with E-state index in [9.17, 15) is 14.4 Å². The van der Waals surface area contributed by atoms with Crippen molar-refractivity contribution in [3.63, 3.8) is 0 Å². The van der Waals surface area contributed by atoms with Crippen molar-refractivity contribution in [2.75, 3.05) is 0 Å². The fourth-order valence-corrected chi connectivity index (χ4v) is 1.08. The van der Waals surface area contributed by atoms with Crippen LogP contribution >= 0.6 is 12.2 Å². The lowest BCUT2D eigenvalue weighted by molar-refractivity contribution is -0.133. The Hall–Kier alpha value is -1.50. The van der Waals surface area contributed by atoms with E-state index < -0.39 is 24.3 Å². The summed E-state index contributed by atoms with van der Waals surface area (Å²) < 4.78 is 0. The Morgan fingerprint density at radius 2 is 2.17 bits per heavy atom. The number of carbonyl (C=O) groups is 3. The second-order valence-corrected chi connectivity index (χ2v) is 2.48. The number of thiocarbonyl (C=S) groups is 1. The third kappa shape index (κ3) is 1.40. The van der Waals surface area contributed by atoms with Gasteiger partial charge in [-0.3, -0.25) is 9.59 Å². The van der Waals surface area contributed by atoms with Gasteiger partial charge < -0.3 is 11.1 Å². The lowest BCUT2D eigenvalue weighted by atomic mass is 10.3. The van der Waals surface area contributed by atoms with E-state index in [1.807, 2.05) is 0 Å². The molecule has 7 heteroatoms. The van der Waals surface area contributed by atoms with Crippen molar-refractivity contribution in [3.8, 4) is 0 Å². The first-order chi connectivity index (χ1) is 5.52. The van der Waals surface area contributed by atoms with Crippen molar-refractivity contribution < 1.29 is 14.4 Å². The molecule has 1 saturated heterocycles. The average Bonchev–Trinajstić information content (AvgIpc) is 1.82. The molecule has 64 valence electrons. The lowest BCUT2D eigenvalue weighted by Crippen LogP contribution is -2.56. The predicted octanol–water partition coefficient (Wildman–Crippen LogP) is -1.30. The molecule has 1 rings (SSSR count). The van der Waals surface area contributed by atoms with Crippen LogP contribution in [0, 0.1) is 0 Å². The van der Waals surface area contributed by atoms with Gasteiger partial charge in [-0.25, -0.2) is 9.69 Å². The highest BCUT2D eigenvalue weighted by atomic mass is 32.1. The van der Waals surface area contributed by atoms with Gasteiger partial charge in [0.25, 0.3) is 0 Å². The van der Waals surface area contributed by atoms with Crippen LogP contribution in [0.25, 0.3) is 0 Å². The average molecular weight is 187 g/mol. The van der Waals surface area contributed by atoms with E-state index in [1.54, 1.807) is 0 Å². The SMILES string of the molecule is NC(=O)N1C(=O)CC(=O)NC1=S. The summed E-state index contributed by atoms with van der Waals surface area (Å²) in [7, 11) is 0. The van der Waals surface area contributed by atoms with E-state index in [0.29, 0.717) is 4.90 Å². The van der Waals surface area contributed by atoms with Crippen LogP contribution in [0.1, 0.15) is 6.42 Å². The molecule has 0 unspecified atom stereocenters. The number of nitrogens with one attached hydrogen (secondary N) is 1. The van der Waals surface area contributed by atoms with Crippen LogP contribution in [-0.4, -0.2) is 27.9 Å². The maximum absolute atomic E-state index is 10.9. The van der Waals surface area contributed by atoms with Crippen molar-refractivity contribution >= 4 is 35.2 Å². The Balaban J connectivity index is 2.88. The molecule has 0 radical (unpaired) electrons. The van der Waals surface area contributed by atoms with Gasteiger partial charge in [-0.15, -0.1) is 0 Å². The maximum atomic E-state index is 10.9. The number of primary amides is 1. The van der Waals surface area contributed by atoms with E-state index in [1.165, 1.54) is 0 Å². The summed E-state index contributed by atoms with van der Waals surface area (Å²) in [6.07, 6.45) is -0.400. The standard InChI is InChI=1S/C5H5N3O3S/c6-4(11)8-3(10)1-2(9)7-5(8)12/h1H2,(H2,6,11)(H,7,9,12). The number of carbonyl (C=O) groups excluding carboxylic acids is 3. The summed E-state index contributed by atoms with van der Waals surface area (Å²) in [5.74, 6) is -1.22. The number of amides is 4. The first kappa shape index (κ1) is 8.60. The Bertz CT molecular complexity index is 268. The number of rotatable bonds is 0. The highest BCUT2D eigenvalue weighted by Crippen LogP contribution is 2.01. The monoisotopic (exact) mass is 187 g/mol. The van der Waals surface area contributed by atoms with Crippen LogP contribution < -0.4 is 11.1 Å². The van der Waals surface area contributed by atoms with Gasteiger partial charge in [0.2, 0.25) is 11.8 Å². The molecule has 1 aliphatic heterocycles. The third-order valence-corrected chi connectivity index (χ3v) is 1.52. The lowest BCUT2D eigenvalue weighted by Gasteiger charge is -2.23. The van der Waals surface area contributed by atoms with E-state index in [-0.39, 0.29) is 5.11 Å². The fraction of sp³-hybridized carbons (Fsp3) is 0.200. The topological polar surface area (TPSA) is 92.5 Å². The highest BCUT2D eigenvalue weighted by molar-refractivity contribution is 7.80. The Kier molecular flexibility index (Phi) is 2.05. The molecular formula is C5H5N3O3S. The number of hydrogen-bond acceptors (Lipinski definition) is 4. The first-order valence-corrected chi connectivity index (χ1v) is 3.39. The van der Waals surface area contributed by atoms with Gasteiger partial charge in [0.1, 0.15) is 6.42 Å². The summed E-state index contributed by atoms with van der Waals surface area (Å²) in [6, 6.07) is -0.981. The Morgan fingerprint density at radius 1 is 1.58 bits per heavy atom. The van der Waals surface area contributed by atoms with Gasteiger partial charge in [0.05, 0.1) is 0 Å². The molecule has 0 spiro atoms. The number of hydrogen-bond donors (Lipinski definition) is 2. The maximum Gasteiger partial charge on any atom is 0.328 e. The molecule has 12 heavy (non-hydrogen) atoms. The molecule has 0 aromatic heterocycles. The van der Waals surface area contributed by atoms with Crippen molar-refractivity contribution in [2.45, 2.75) is 6.42 Å². The molecule has 0 bridgehead atoms. The van der Waals surface area contributed by atoms with E-state index in [2.05, 4.69) is 17.5 Å². The summed E-state index contributed by atoms with van der Waals surface area (Å²) in [6.45, 7) is 0. The number of nitrogens with zero attached hydrogens (tertiary/aromatic N) is 1. The Morgan fingerprint density at radius 3 is 2.58 bits per heavy atom. The van der Waals surface area contributed by atoms with Crippen LogP contribution in [0.4, 0.5) is 4.79 Å². The minimum Gasteiger partial charge on any atom is -0.351 e. The smallest absolute Gasteiger partial charge is 0.328 e. The summed E-state index contributed by atoms with van der Waals surface area (Å²) in [5.41, 5.74) is 4.82. The molecule has 1 fully saturated rings. The summed E-state index contributed by atoms with van der Waals surface area (Å²) >= 11 is 4.53. The van der Waals surface area contributed by atoms with Gasteiger partial charge in [-0.05, 0) is 12.2 Å². The largest absolute Gasteiger partial charge is 0.351 e. The molecular weight excluding hydrogens is 182 g/mol. The zero-order valence-corrected chi connectivity index (χ0v) is 6.68. The number of nitrogens with two attached hydrogens (primary N) is 1. The quantitative estimate of drug-likeness (QED) is 0.364. The molecule has 1 heterocycles. The molecule has 0 aromatic carbocycles. The normalized spacial score (nSPS) is 17.7. The van der Waals surface area contributed by atoms with Gasteiger partial charge in [-0.1, -0.05) is 0 Å². The van der Waals surface area contributed by atoms with Crippen LogP contribution in [0.2, 0.25) is 0 Å². The van der Waals surface area contributed by atoms with Crippen LogP contribution in [0.3, 0.4) is 0 Å². The van der Waals surface area contributed by atoms with Crippen LogP contribution in [-0.2, 0) is 9.59 Å². The van der Waals surface area contributed by atoms with Gasteiger partial charge in [-0.2, -0.15) is 0 Å². The fourth-order valence-electron chi connectivity index (χ4n) is 0.772. The number of urea groups is 1. The predicted molar refractivity (Wildman–Crippen MR) is 41.8 cm³/mol. The molecule has 6 nitrogen and oxygen atoms in total. The highest BCUT2D eigenvalue weighted by Gasteiger charge is 2.31. The minimum atomic E-state index is -0.981. The molecule has 0 aromatic rings. The van der Waals surface area contributed by atoms with Crippen molar-refractivity contribution in [1.29, 1.82) is 0 Å². The zero-order valence-electron chi connectivity index (χ0n) is 5.86. The van der Waals surface area contributed by atoms with E-state index in [4.69, 9.17) is 5.73 Å². The molecule has 1 aliphatic rings. The second-order valence-electron chi connectivity index (χ2n) is 2.10. The van der Waals surface area contributed by atoms with Crippen molar-refractivity contribution in [3.05, 3.63) is 0 Å². The minimum absolute atomic E-state index is 0.260. The van der Waals surface area contributed by atoms with Crippen LogP contribution in [0.15, 0.2) is 0 Å². The van der Waals surface area contributed by atoms with Gasteiger partial charge in [0, 0.05) is 0 Å². The number of imide groups is 1. The van der Waals surface area contributed by atoms with Crippen molar-refractivity contribution in [2.24, 2.45) is 5.73 Å². The van der Waals surface area contributed by atoms with Crippen molar-refractivity contribution in [1.82, 2.24) is 10.2 Å². The molecule has 0 saturated carbocycles. The van der Waals surface area contributed by atoms with Gasteiger partial charge in [0.15, 0.2) is 5.11 Å². The molecule has 0 aliphatic carbocycles. The zero-order chi connectivity index (χ0) is 9.30. The third-order valence-electron chi connectivity index (χ3n) is 1.23. The van der Waals surface area contributed by atoms with Crippen LogP contribution in [0.5, 0.6) is 0 Å². The first-order valence-electron chi connectivity index (χ1n) is 2.98. The van der Waals surface area contributed by atoms with E-state index >= 15 is 0 Å². The summed E-state index contributed by atoms with van der Waals surface area (Å²) in [5, 5.41) is 1.88. The van der Waals surface area contributed by atoms with E-state index in [0.717, 1.165) is 0 Å². The Labute approximate surface area is 72.7 Å². The summed E-state index contributed by atoms with van der Waals surface area (Å²) in [4.78, 5) is 32.7. The molecule has 4 amide bonds. The molecule has 3 N–H and O–H groups in total. The molecule has 0 atom stereocenters. The second kappa shape index (κ2) is 2.86.